The van der Waals surface area contributed by atoms with Crippen molar-refractivity contribution in [1.29, 1.82) is 0 Å². The normalized spacial score (nSPS) is 20.3. The average Bonchev–Trinajstić information content (AvgIpc) is 3.41. The molecule has 2 N–H and O–H groups in total. The van der Waals surface area contributed by atoms with Crippen LogP contribution in [0.15, 0.2) is 54.6 Å². The van der Waals surface area contributed by atoms with Crippen LogP contribution in [0.4, 0.5) is 0 Å². The number of hydrogen-bond acceptors (Lipinski definition) is 4. The van der Waals surface area contributed by atoms with Crippen LogP contribution in [0, 0.1) is 5.92 Å². The second kappa shape index (κ2) is 11.6. The van der Waals surface area contributed by atoms with E-state index in [0.29, 0.717) is 17.7 Å². The number of benzene rings is 2. The Balaban J connectivity index is 1.57. The van der Waals surface area contributed by atoms with E-state index in [1.165, 1.54) is 6.42 Å². The Morgan fingerprint density at radius 1 is 0.886 bits per heavy atom. The second-order valence-electron chi connectivity index (χ2n) is 9.90. The Hall–Kier alpha value is -2.99. The highest BCUT2D eigenvalue weighted by Gasteiger charge is 2.39. The fraction of sp³-hybridized carbons (Fsp3) is 0.483. The molecule has 35 heavy (non-hydrogen) atoms. The topological polar surface area (TPSA) is 78.5 Å². The van der Waals surface area contributed by atoms with E-state index in [1.807, 2.05) is 66.4 Å². The summed E-state index contributed by atoms with van der Waals surface area (Å²) in [6.07, 6.45) is 7.07. The van der Waals surface area contributed by atoms with Gasteiger partial charge in [-0.2, -0.15) is 0 Å². The third kappa shape index (κ3) is 5.81. The maximum absolute atomic E-state index is 13.9. The van der Waals surface area contributed by atoms with Crippen molar-refractivity contribution in [3.63, 3.8) is 0 Å². The molecule has 0 radical (unpaired) electrons. The van der Waals surface area contributed by atoms with Crippen LogP contribution in [0.25, 0.3) is 0 Å². The lowest BCUT2D eigenvalue weighted by atomic mass is 9.83. The first-order valence-electron chi connectivity index (χ1n) is 13.0. The number of likely N-dealkylation sites (tertiary alicyclic amines) is 1. The van der Waals surface area contributed by atoms with E-state index >= 15 is 0 Å². The smallest absolute Gasteiger partial charge is 0.245 e. The summed E-state index contributed by atoms with van der Waals surface area (Å²) in [5, 5.41) is 6.07. The van der Waals surface area contributed by atoms with Crippen molar-refractivity contribution in [2.75, 3.05) is 13.6 Å². The molecule has 1 aliphatic carbocycles. The Kier molecular flexibility index (Phi) is 8.34. The van der Waals surface area contributed by atoms with Crippen LogP contribution >= 0.6 is 0 Å². The highest BCUT2D eigenvalue weighted by molar-refractivity contribution is 6.09. The molecular weight excluding hydrogens is 438 g/mol. The highest BCUT2D eigenvalue weighted by atomic mass is 16.2. The summed E-state index contributed by atoms with van der Waals surface area (Å²) in [6.45, 7) is 2.48. The molecule has 2 aromatic rings. The largest absolute Gasteiger partial charge is 0.343 e. The molecule has 3 atom stereocenters. The number of hydrogen-bond donors (Lipinski definition) is 2. The molecule has 0 spiro atoms. The van der Waals surface area contributed by atoms with Gasteiger partial charge in [-0.15, -0.1) is 0 Å². The van der Waals surface area contributed by atoms with Crippen molar-refractivity contribution < 1.29 is 14.4 Å². The Bertz CT molecular complexity index is 1030. The zero-order valence-corrected chi connectivity index (χ0v) is 20.8. The van der Waals surface area contributed by atoms with Gasteiger partial charge in [-0.1, -0.05) is 67.8 Å². The molecule has 2 aromatic carbocycles. The summed E-state index contributed by atoms with van der Waals surface area (Å²) in [5.74, 6) is 0.0201. The minimum absolute atomic E-state index is 0.0100. The molecule has 4 rings (SSSR count). The Labute approximate surface area is 208 Å². The van der Waals surface area contributed by atoms with Crippen LogP contribution in [0.1, 0.15) is 79.4 Å². The van der Waals surface area contributed by atoms with Crippen LogP contribution in [0.3, 0.4) is 0 Å². The molecule has 0 bridgehead atoms. The van der Waals surface area contributed by atoms with Crippen LogP contribution in [-0.4, -0.2) is 48.2 Å². The van der Waals surface area contributed by atoms with Gasteiger partial charge in [0.25, 0.3) is 0 Å². The first kappa shape index (κ1) is 25.1. The molecule has 1 aliphatic heterocycles. The Morgan fingerprint density at radius 3 is 2.31 bits per heavy atom. The maximum Gasteiger partial charge on any atom is 0.245 e. The van der Waals surface area contributed by atoms with Crippen molar-refractivity contribution in [3.05, 3.63) is 71.3 Å². The molecular formula is C29H37N3O3. The molecule has 1 heterocycles. The van der Waals surface area contributed by atoms with E-state index in [2.05, 4.69) is 10.6 Å². The number of ketones is 1. The zero-order chi connectivity index (χ0) is 24.8. The van der Waals surface area contributed by atoms with Crippen LogP contribution in [0.2, 0.25) is 0 Å². The third-order valence-electron chi connectivity index (χ3n) is 7.62. The summed E-state index contributed by atoms with van der Waals surface area (Å²) < 4.78 is 0. The van der Waals surface area contributed by atoms with E-state index in [0.717, 1.165) is 44.1 Å². The van der Waals surface area contributed by atoms with Crippen LogP contribution in [0.5, 0.6) is 0 Å². The number of amides is 2. The first-order valence-corrected chi connectivity index (χ1v) is 13.0. The summed E-state index contributed by atoms with van der Waals surface area (Å²) in [5.41, 5.74) is 2.27. The van der Waals surface area contributed by atoms with E-state index in [4.69, 9.17) is 0 Å². The summed E-state index contributed by atoms with van der Waals surface area (Å²) >= 11 is 0. The van der Waals surface area contributed by atoms with Crippen molar-refractivity contribution in [3.8, 4) is 0 Å². The molecule has 6 nitrogen and oxygen atoms in total. The molecule has 2 amide bonds. The number of carbonyl (C=O) groups excluding carboxylic acids is 3. The zero-order valence-electron chi connectivity index (χ0n) is 20.8. The van der Waals surface area contributed by atoms with E-state index < -0.39 is 6.04 Å². The van der Waals surface area contributed by atoms with Crippen molar-refractivity contribution in [2.24, 2.45) is 5.92 Å². The predicted octanol–water partition coefficient (Wildman–Crippen LogP) is 4.25. The van der Waals surface area contributed by atoms with Gasteiger partial charge in [0.2, 0.25) is 11.8 Å². The quantitative estimate of drug-likeness (QED) is 0.560. The fourth-order valence-electron chi connectivity index (χ4n) is 5.46. The SMILES string of the molecule is CNC(C)C(=O)NC(C(=O)N1CCC[C@H]1c1cccc(C(=O)c2ccccc2)c1)C1CCCCC1. The molecule has 1 saturated heterocycles. The first-order chi connectivity index (χ1) is 17.0. The maximum atomic E-state index is 13.9. The minimum Gasteiger partial charge on any atom is -0.343 e. The van der Waals surface area contributed by atoms with Gasteiger partial charge in [0, 0.05) is 17.7 Å². The van der Waals surface area contributed by atoms with Crippen LogP contribution in [-0.2, 0) is 9.59 Å². The van der Waals surface area contributed by atoms with E-state index in [-0.39, 0.29) is 35.6 Å². The van der Waals surface area contributed by atoms with Gasteiger partial charge < -0.3 is 15.5 Å². The summed E-state index contributed by atoms with van der Waals surface area (Å²) in [4.78, 5) is 41.7. The van der Waals surface area contributed by atoms with Crippen LogP contribution < -0.4 is 10.6 Å². The number of likely N-dealkylation sites (N-methyl/N-ethyl adjacent to an activating group) is 1. The number of rotatable bonds is 8. The van der Waals surface area contributed by atoms with Gasteiger partial charge in [-0.05, 0) is 57.2 Å². The third-order valence-corrected chi connectivity index (χ3v) is 7.62. The minimum atomic E-state index is -0.506. The monoisotopic (exact) mass is 475 g/mol. The van der Waals surface area contributed by atoms with E-state index in [1.54, 1.807) is 7.05 Å². The molecule has 2 unspecified atom stereocenters. The number of nitrogens with zero attached hydrogens (tertiary/aromatic N) is 1. The lowest BCUT2D eigenvalue weighted by molar-refractivity contribution is -0.139. The lowest BCUT2D eigenvalue weighted by Gasteiger charge is -2.35. The molecule has 6 heteroatoms. The lowest BCUT2D eigenvalue weighted by Crippen LogP contribution is -2.55. The molecule has 1 saturated carbocycles. The molecule has 0 aromatic heterocycles. The number of carbonyl (C=O) groups is 3. The van der Waals surface area contributed by atoms with Gasteiger partial charge in [-0.25, -0.2) is 0 Å². The summed E-state index contributed by atoms with van der Waals surface area (Å²) in [6, 6.07) is 16.0. The highest BCUT2D eigenvalue weighted by Crippen LogP contribution is 2.35. The number of nitrogens with one attached hydrogen (secondary N) is 2. The molecule has 2 aliphatic rings. The standard InChI is InChI=1S/C29H37N3O3/c1-20(30-2)28(34)31-26(21-11-5-3-6-12-21)29(35)32-18-10-17-25(32)23-15-9-16-24(19-23)27(33)22-13-7-4-8-14-22/h4,7-9,13-16,19-21,25-26,30H,3,5-6,10-12,17-18H2,1-2H3,(H,31,34)/t20?,25-,26?/m0/s1. The van der Waals surface area contributed by atoms with Crippen molar-refractivity contribution in [2.45, 2.75) is 70.0 Å². The van der Waals surface area contributed by atoms with Gasteiger partial charge in [0.1, 0.15) is 6.04 Å². The fourth-order valence-corrected chi connectivity index (χ4v) is 5.46. The predicted molar refractivity (Wildman–Crippen MR) is 137 cm³/mol. The van der Waals surface area contributed by atoms with E-state index in [9.17, 15) is 14.4 Å². The summed E-state index contributed by atoms with van der Waals surface area (Å²) in [7, 11) is 1.75. The van der Waals surface area contributed by atoms with Gasteiger partial charge in [-0.3, -0.25) is 14.4 Å². The second-order valence-corrected chi connectivity index (χ2v) is 9.90. The van der Waals surface area contributed by atoms with Gasteiger partial charge in [0.15, 0.2) is 5.78 Å². The van der Waals surface area contributed by atoms with Crippen molar-refractivity contribution >= 4 is 17.6 Å². The van der Waals surface area contributed by atoms with Gasteiger partial charge in [0.05, 0.1) is 12.1 Å². The van der Waals surface area contributed by atoms with Gasteiger partial charge >= 0.3 is 0 Å². The molecule has 2 fully saturated rings. The molecule has 186 valence electrons. The Morgan fingerprint density at radius 2 is 1.60 bits per heavy atom. The average molecular weight is 476 g/mol. The van der Waals surface area contributed by atoms with Crippen molar-refractivity contribution in [1.82, 2.24) is 15.5 Å².